The van der Waals surface area contributed by atoms with Crippen LogP contribution in [0.5, 0.6) is 0 Å². The summed E-state index contributed by atoms with van der Waals surface area (Å²) < 4.78 is 0. The summed E-state index contributed by atoms with van der Waals surface area (Å²) in [5, 5.41) is 8.40. The first-order valence-corrected chi connectivity index (χ1v) is 9.17. The van der Waals surface area contributed by atoms with E-state index in [-0.39, 0.29) is 0 Å². The zero-order chi connectivity index (χ0) is 17.0. The van der Waals surface area contributed by atoms with Crippen LogP contribution in [0.4, 0.5) is 0 Å². The normalized spacial score (nSPS) is 12.4. The maximum atomic E-state index is 10.2. The zero-order valence-corrected chi connectivity index (χ0v) is 14.8. The summed E-state index contributed by atoms with van der Waals surface area (Å²) in [4.78, 5) is 10.2. The van der Waals surface area contributed by atoms with Gasteiger partial charge < -0.3 is 5.11 Å². The molecular weight excluding hydrogens is 284 g/mol. The van der Waals surface area contributed by atoms with E-state index >= 15 is 0 Å². The van der Waals surface area contributed by atoms with Crippen molar-refractivity contribution in [3.05, 3.63) is 48.6 Å². The summed E-state index contributed by atoms with van der Waals surface area (Å²) >= 11 is 0. The molecule has 1 N–H and O–H groups in total. The molecule has 0 heterocycles. The van der Waals surface area contributed by atoms with Crippen molar-refractivity contribution in [1.29, 1.82) is 0 Å². The molecule has 0 saturated heterocycles. The van der Waals surface area contributed by atoms with Crippen LogP contribution in [0, 0.1) is 0 Å². The summed E-state index contributed by atoms with van der Waals surface area (Å²) in [7, 11) is 0. The third-order valence-electron chi connectivity index (χ3n) is 3.65. The first-order chi connectivity index (χ1) is 11.3. The molecule has 0 aromatic rings. The second-order valence-electron chi connectivity index (χ2n) is 5.87. The highest BCUT2D eigenvalue weighted by Crippen LogP contribution is 2.11. The average Bonchev–Trinajstić information content (AvgIpc) is 2.53. The third kappa shape index (κ3) is 20.4. The van der Waals surface area contributed by atoms with Crippen molar-refractivity contribution in [3.63, 3.8) is 0 Å². The molecule has 0 unspecified atom stereocenters. The van der Waals surface area contributed by atoms with Gasteiger partial charge in [0.05, 0.1) is 0 Å². The summed E-state index contributed by atoms with van der Waals surface area (Å²) in [6.45, 7) is 2.26. The number of aliphatic carboxylic acids is 1. The van der Waals surface area contributed by atoms with E-state index in [4.69, 9.17) is 5.11 Å². The summed E-state index contributed by atoms with van der Waals surface area (Å²) in [6.07, 6.45) is 29.2. The number of carboxylic acid groups (broad SMARTS) is 1. The van der Waals surface area contributed by atoms with Crippen molar-refractivity contribution in [2.45, 2.75) is 77.6 Å². The van der Waals surface area contributed by atoms with Gasteiger partial charge in [0.2, 0.25) is 0 Å². The van der Waals surface area contributed by atoms with Gasteiger partial charge in [-0.3, -0.25) is 0 Å². The van der Waals surface area contributed by atoms with Crippen LogP contribution in [0.1, 0.15) is 77.6 Å². The van der Waals surface area contributed by atoms with Crippen molar-refractivity contribution in [2.75, 3.05) is 0 Å². The maximum Gasteiger partial charge on any atom is 0.328 e. The van der Waals surface area contributed by atoms with Crippen LogP contribution < -0.4 is 0 Å². The van der Waals surface area contributed by atoms with Crippen molar-refractivity contribution in [1.82, 2.24) is 0 Å². The number of rotatable bonds is 15. The van der Waals surface area contributed by atoms with E-state index in [1.165, 1.54) is 70.3 Å². The molecule has 0 bridgehead atoms. The fraction of sp³-hybridized carbons (Fsp3) is 0.571. The minimum atomic E-state index is -0.921. The minimum absolute atomic E-state index is 0.921. The molecule has 0 radical (unpaired) electrons. The summed E-state index contributed by atoms with van der Waals surface area (Å²) in [5.74, 6) is -0.921. The summed E-state index contributed by atoms with van der Waals surface area (Å²) in [6, 6.07) is 0. The Morgan fingerprint density at radius 2 is 1.17 bits per heavy atom. The first kappa shape index (κ1) is 21.4. The zero-order valence-electron chi connectivity index (χ0n) is 14.8. The van der Waals surface area contributed by atoms with Crippen LogP contribution in [0.25, 0.3) is 0 Å². The second kappa shape index (κ2) is 18.5. The Hall–Kier alpha value is -1.57. The minimum Gasteiger partial charge on any atom is -0.478 e. The van der Waals surface area contributed by atoms with Crippen LogP contribution in [-0.4, -0.2) is 11.1 Å². The molecule has 2 nitrogen and oxygen atoms in total. The van der Waals surface area contributed by atoms with Gasteiger partial charge in [0.1, 0.15) is 0 Å². The van der Waals surface area contributed by atoms with E-state index in [2.05, 4.69) is 19.1 Å². The highest BCUT2D eigenvalue weighted by molar-refractivity contribution is 5.80. The molecule has 0 spiro atoms. The molecule has 0 aliphatic carbocycles. The number of hydrogen-bond donors (Lipinski definition) is 1. The Morgan fingerprint density at radius 3 is 1.74 bits per heavy atom. The van der Waals surface area contributed by atoms with Gasteiger partial charge in [-0.15, -0.1) is 0 Å². The average molecular weight is 319 g/mol. The van der Waals surface area contributed by atoms with Gasteiger partial charge >= 0.3 is 5.97 Å². The predicted octanol–water partition coefficient (Wildman–Crippen LogP) is 6.61. The van der Waals surface area contributed by atoms with Crippen molar-refractivity contribution >= 4 is 5.97 Å². The highest BCUT2D eigenvalue weighted by atomic mass is 16.4. The van der Waals surface area contributed by atoms with Gasteiger partial charge in [0.15, 0.2) is 0 Å². The Bertz CT molecular complexity index is 375. The van der Waals surface area contributed by atoms with Crippen molar-refractivity contribution in [2.24, 2.45) is 0 Å². The van der Waals surface area contributed by atoms with E-state index in [9.17, 15) is 4.79 Å². The molecule has 130 valence electrons. The molecule has 2 heteroatoms. The Kier molecular flexibility index (Phi) is 17.2. The van der Waals surface area contributed by atoms with Crippen LogP contribution in [0.3, 0.4) is 0 Å². The molecule has 0 amide bonds. The van der Waals surface area contributed by atoms with Gasteiger partial charge in [-0.2, -0.15) is 0 Å². The Morgan fingerprint density at radius 1 is 0.696 bits per heavy atom. The van der Waals surface area contributed by atoms with Crippen LogP contribution >= 0.6 is 0 Å². The van der Waals surface area contributed by atoms with E-state index < -0.39 is 5.97 Å². The first-order valence-electron chi connectivity index (χ1n) is 9.17. The second-order valence-corrected chi connectivity index (χ2v) is 5.87. The van der Waals surface area contributed by atoms with Gasteiger partial charge in [0, 0.05) is 6.08 Å². The Labute approximate surface area is 142 Å². The van der Waals surface area contributed by atoms with Crippen LogP contribution in [0.15, 0.2) is 48.6 Å². The molecular formula is C21H34O2. The molecule has 0 rings (SSSR count). The topological polar surface area (TPSA) is 37.3 Å². The molecule has 0 aromatic carbocycles. The van der Waals surface area contributed by atoms with Crippen molar-refractivity contribution < 1.29 is 9.90 Å². The predicted molar refractivity (Wildman–Crippen MR) is 101 cm³/mol. The fourth-order valence-corrected chi connectivity index (χ4v) is 2.32. The number of unbranched alkanes of at least 4 members (excludes halogenated alkanes) is 10. The van der Waals surface area contributed by atoms with Crippen molar-refractivity contribution in [3.8, 4) is 0 Å². The number of carbonyl (C=O) groups is 1. The number of allylic oxidation sites excluding steroid dienone is 7. The molecule has 0 saturated carbocycles. The van der Waals surface area contributed by atoms with Gasteiger partial charge in [0.25, 0.3) is 0 Å². The number of hydrogen-bond acceptors (Lipinski definition) is 1. The summed E-state index contributed by atoms with van der Waals surface area (Å²) in [5.41, 5.74) is 0. The number of carboxylic acids is 1. The smallest absolute Gasteiger partial charge is 0.328 e. The molecule has 0 atom stereocenters. The van der Waals surface area contributed by atoms with Gasteiger partial charge in [-0.1, -0.05) is 107 Å². The van der Waals surface area contributed by atoms with E-state index in [1.54, 1.807) is 6.08 Å². The lowest BCUT2D eigenvalue weighted by atomic mass is 10.1. The standard InChI is InChI=1S/C21H34O2/c1-2-3-4-5-6-7-8-9-10-11-12-13-14-15-16-17-18-19-20-21(22)23/h13-20H,2-12H2,1H3,(H,22,23)/b14-13+,16-15+,18-17+,20-19+. The molecule has 0 aromatic heterocycles. The monoisotopic (exact) mass is 318 g/mol. The van der Waals surface area contributed by atoms with Gasteiger partial charge in [-0.25, -0.2) is 4.79 Å². The lowest BCUT2D eigenvalue weighted by Crippen LogP contribution is -1.84. The van der Waals surface area contributed by atoms with Gasteiger partial charge in [-0.05, 0) is 12.8 Å². The molecule has 0 aliphatic heterocycles. The highest BCUT2D eigenvalue weighted by Gasteiger charge is 1.91. The Balaban J connectivity index is 3.32. The van der Waals surface area contributed by atoms with E-state index in [1.807, 2.05) is 18.2 Å². The largest absolute Gasteiger partial charge is 0.478 e. The lowest BCUT2D eigenvalue weighted by molar-refractivity contribution is -0.131. The third-order valence-corrected chi connectivity index (χ3v) is 3.65. The van der Waals surface area contributed by atoms with E-state index in [0.29, 0.717) is 0 Å². The molecule has 0 aliphatic rings. The van der Waals surface area contributed by atoms with Crippen LogP contribution in [0.2, 0.25) is 0 Å². The van der Waals surface area contributed by atoms with E-state index in [0.717, 1.165) is 12.5 Å². The fourth-order valence-electron chi connectivity index (χ4n) is 2.32. The quantitative estimate of drug-likeness (QED) is 0.210. The molecule has 23 heavy (non-hydrogen) atoms. The SMILES string of the molecule is CCCCCCCCCCCC/C=C/C=C/C=C/C=C/C(=O)O. The van der Waals surface area contributed by atoms with Crippen LogP contribution in [-0.2, 0) is 4.79 Å². The maximum absolute atomic E-state index is 10.2. The lowest BCUT2D eigenvalue weighted by Gasteiger charge is -2.01. The molecule has 0 fully saturated rings.